The van der Waals surface area contributed by atoms with Crippen molar-refractivity contribution >= 4 is 27.3 Å². The number of nitrogens with zero attached hydrogens (tertiary/aromatic N) is 1. The summed E-state index contributed by atoms with van der Waals surface area (Å²) in [6, 6.07) is 3.22. The SMILES string of the molecule is CC(C)(CN)NS(=O)(=O)c1cc([N+](=O)[O-])ccc1Cl. The molecule has 0 unspecified atom stereocenters. The Kier molecular flexibility index (Phi) is 4.51. The molecule has 0 aliphatic carbocycles. The third-order valence-corrected chi connectivity index (χ3v) is 4.52. The Balaban J connectivity index is 3.28. The lowest BCUT2D eigenvalue weighted by Gasteiger charge is -2.24. The molecule has 0 bridgehead atoms. The molecular weight excluding hydrogens is 294 g/mol. The van der Waals surface area contributed by atoms with Gasteiger partial charge in [0.05, 0.1) is 9.95 Å². The van der Waals surface area contributed by atoms with E-state index in [1.807, 2.05) is 0 Å². The molecule has 1 rings (SSSR count). The second-order valence-electron chi connectivity index (χ2n) is 4.57. The van der Waals surface area contributed by atoms with E-state index in [4.69, 9.17) is 17.3 Å². The summed E-state index contributed by atoms with van der Waals surface area (Å²) in [4.78, 5) is 9.63. The molecule has 1 aromatic carbocycles. The minimum atomic E-state index is -3.98. The van der Waals surface area contributed by atoms with Gasteiger partial charge in [0, 0.05) is 24.2 Å². The Morgan fingerprint density at radius 2 is 2.05 bits per heavy atom. The monoisotopic (exact) mass is 307 g/mol. The molecule has 1 aromatic rings. The van der Waals surface area contributed by atoms with Crippen LogP contribution in [0.15, 0.2) is 23.1 Å². The van der Waals surface area contributed by atoms with Crippen molar-refractivity contribution in [2.45, 2.75) is 24.3 Å². The number of sulfonamides is 1. The fraction of sp³-hybridized carbons (Fsp3) is 0.400. The summed E-state index contributed by atoms with van der Waals surface area (Å²) in [5.74, 6) is 0. The predicted octanol–water partition coefficient (Wildman–Crippen LogP) is 1.26. The highest BCUT2D eigenvalue weighted by atomic mass is 35.5. The largest absolute Gasteiger partial charge is 0.329 e. The van der Waals surface area contributed by atoms with Gasteiger partial charge in [-0.1, -0.05) is 11.6 Å². The molecule has 0 heterocycles. The van der Waals surface area contributed by atoms with Crippen LogP contribution in [0, 0.1) is 10.1 Å². The summed E-state index contributed by atoms with van der Waals surface area (Å²) in [6.07, 6.45) is 0. The zero-order valence-electron chi connectivity index (χ0n) is 10.4. The number of nitrogens with one attached hydrogen (secondary N) is 1. The first-order valence-corrected chi connectivity index (χ1v) is 7.13. The molecule has 9 heteroatoms. The van der Waals surface area contributed by atoms with Gasteiger partial charge in [0.2, 0.25) is 10.0 Å². The number of rotatable bonds is 5. The van der Waals surface area contributed by atoms with Crippen molar-refractivity contribution in [3.63, 3.8) is 0 Å². The van der Waals surface area contributed by atoms with Gasteiger partial charge < -0.3 is 5.73 Å². The molecule has 7 nitrogen and oxygen atoms in total. The second-order valence-corrected chi connectivity index (χ2v) is 6.62. The minimum Gasteiger partial charge on any atom is -0.329 e. The summed E-state index contributed by atoms with van der Waals surface area (Å²) in [5.41, 5.74) is 4.21. The van der Waals surface area contributed by atoms with Gasteiger partial charge in [-0.3, -0.25) is 10.1 Å². The van der Waals surface area contributed by atoms with Gasteiger partial charge in [0.15, 0.2) is 0 Å². The van der Waals surface area contributed by atoms with Crippen molar-refractivity contribution in [2.24, 2.45) is 5.73 Å². The van der Waals surface area contributed by atoms with E-state index in [-0.39, 0.29) is 22.2 Å². The lowest BCUT2D eigenvalue weighted by molar-refractivity contribution is -0.385. The topological polar surface area (TPSA) is 115 Å². The first-order chi connectivity index (χ1) is 8.59. The maximum atomic E-state index is 12.1. The van der Waals surface area contributed by atoms with E-state index in [0.29, 0.717) is 0 Å². The van der Waals surface area contributed by atoms with Gasteiger partial charge in [0.1, 0.15) is 4.90 Å². The molecule has 0 radical (unpaired) electrons. The molecule has 19 heavy (non-hydrogen) atoms. The van der Waals surface area contributed by atoms with Crippen LogP contribution in [-0.4, -0.2) is 25.4 Å². The number of nitro groups is 1. The molecule has 0 aliphatic heterocycles. The van der Waals surface area contributed by atoms with Crippen LogP contribution >= 0.6 is 11.6 Å². The highest BCUT2D eigenvalue weighted by Gasteiger charge is 2.28. The van der Waals surface area contributed by atoms with Crippen LogP contribution in [0.1, 0.15) is 13.8 Å². The van der Waals surface area contributed by atoms with Gasteiger partial charge in [-0.15, -0.1) is 0 Å². The van der Waals surface area contributed by atoms with E-state index in [0.717, 1.165) is 12.1 Å². The molecule has 106 valence electrons. The quantitative estimate of drug-likeness (QED) is 0.627. The Morgan fingerprint density at radius 1 is 1.47 bits per heavy atom. The van der Waals surface area contributed by atoms with Crippen molar-refractivity contribution in [3.8, 4) is 0 Å². The van der Waals surface area contributed by atoms with Gasteiger partial charge >= 0.3 is 0 Å². The number of non-ortho nitro benzene ring substituents is 1. The second kappa shape index (κ2) is 5.41. The normalized spacial score (nSPS) is 12.4. The zero-order valence-corrected chi connectivity index (χ0v) is 12.0. The van der Waals surface area contributed by atoms with Crippen molar-refractivity contribution < 1.29 is 13.3 Å². The van der Waals surface area contributed by atoms with Gasteiger partial charge in [0.25, 0.3) is 5.69 Å². The molecule has 0 aromatic heterocycles. The third kappa shape index (κ3) is 3.87. The molecule has 0 saturated carbocycles. The Hall–Kier alpha value is -1.22. The molecule has 0 aliphatic rings. The van der Waals surface area contributed by atoms with Gasteiger partial charge in [-0.25, -0.2) is 13.1 Å². The summed E-state index contributed by atoms with van der Waals surface area (Å²) >= 11 is 5.78. The summed E-state index contributed by atoms with van der Waals surface area (Å²) in [6.45, 7) is 3.25. The minimum absolute atomic E-state index is 0.0682. The number of nitro benzene ring substituents is 1. The van der Waals surface area contributed by atoms with Crippen molar-refractivity contribution in [1.82, 2.24) is 4.72 Å². The fourth-order valence-electron chi connectivity index (χ4n) is 1.27. The van der Waals surface area contributed by atoms with E-state index in [2.05, 4.69) is 4.72 Å². The van der Waals surface area contributed by atoms with Crippen LogP contribution in [0.5, 0.6) is 0 Å². The smallest absolute Gasteiger partial charge is 0.270 e. The van der Waals surface area contributed by atoms with Crippen molar-refractivity contribution in [1.29, 1.82) is 0 Å². The molecule has 0 saturated heterocycles. The number of hydrogen-bond acceptors (Lipinski definition) is 5. The van der Waals surface area contributed by atoms with Crippen molar-refractivity contribution in [2.75, 3.05) is 6.54 Å². The van der Waals surface area contributed by atoms with Crippen LogP contribution in [0.25, 0.3) is 0 Å². The first kappa shape index (κ1) is 15.8. The van der Waals surface area contributed by atoms with Crippen molar-refractivity contribution in [3.05, 3.63) is 33.3 Å². The third-order valence-electron chi connectivity index (χ3n) is 2.34. The van der Waals surface area contributed by atoms with Crippen LogP contribution in [0.2, 0.25) is 5.02 Å². The van der Waals surface area contributed by atoms with Crippen LogP contribution < -0.4 is 10.5 Å². The van der Waals surface area contributed by atoms with E-state index < -0.39 is 20.5 Å². The molecule has 0 fully saturated rings. The maximum absolute atomic E-state index is 12.1. The molecule has 0 spiro atoms. The molecule has 0 atom stereocenters. The van der Waals surface area contributed by atoms with E-state index in [1.54, 1.807) is 13.8 Å². The maximum Gasteiger partial charge on any atom is 0.270 e. The highest BCUT2D eigenvalue weighted by Crippen LogP contribution is 2.26. The van der Waals surface area contributed by atoms with Crippen LogP contribution in [-0.2, 0) is 10.0 Å². The van der Waals surface area contributed by atoms with Crippen LogP contribution in [0.4, 0.5) is 5.69 Å². The lowest BCUT2D eigenvalue weighted by Crippen LogP contribution is -2.48. The summed E-state index contributed by atoms with van der Waals surface area (Å²) < 4.78 is 26.6. The Morgan fingerprint density at radius 3 is 2.53 bits per heavy atom. The van der Waals surface area contributed by atoms with Gasteiger partial charge in [-0.2, -0.15) is 0 Å². The number of nitrogens with two attached hydrogens (primary N) is 1. The zero-order chi connectivity index (χ0) is 14.8. The van der Waals surface area contributed by atoms with Crippen LogP contribution in [0.3, 0.4) is 0 Å². The Labute approximate surface area is 115 Å². The average molecular weight is 308 g/mol. The Bertz CT molecular complexity index is 601. The summed E-state index contributed by atoms with van der Waals surface area (Å²) in [5, 5.41) is 10.6. The molecular formula is C10H14ClN3O4S. The molecule has 0 amide bonds. The number of halogens is 1. The predicted molar refractivity (Wildman–Crippen MR) is 71.6 cm³/mol. The highest BCUT2D eigenvalue weighted by molar-refractivity contribution is 7.89. The number of hydrogen-bond donors (Lipinski definition) is 2. The van der Waals surface area contributed by atoms with E-state index in [1.165, 1.54) is 6.07 Å². The van der Waals surface area contributed by atoms with E-state index >= 15 is 0 Å². The first-order valence-electron chi connectivity index (χ1n) is 5.27. The molecule has 3 N–H and O–H groups in total. The number of benzene rings is 1. The van der Waals surface area contributed by atoms with Gasteiger partial charge in [-0.05, 0) is 19.9 Å². The standard InChI is InChI=1S/C10H14ClN3O4S/c1-10(2,6-12)13-19(17,18)9-5-7(14(15)16)3-4-8(9)11/h3-5,13H,6,12H2,1-2H3. The average Bonchev–Trinajstić information content (AvgIpc) is 2.27. The fourth-order valence-corrected chi connectivity index (χ4v) is 3.22. The lowest BCUT2D eigenvalue weighted by atomic mass is 10.1. The van der Waals surface area contributed by atoms with E-state index in [9.17, 15) is 18.5 Å². The summed E-state index contributed by atoms with van der Waals surface area (Å²) in [7, 11) is -3.98.